The molecule has 0 saturated carbocycles. The number of nitrogens with two attached hydrogens (primary N) is 1. The highest BCUT2D eigenvalue weighted by Gasteiger charge is 2.33. The van der Waals surface area contributed by atoms with E-state index >= 15 is 0 Å². The van der Waals surface area contributed by atoms with E-state index in [1.807, 2.05) is 30.3 Å². The van der Waals surface area contributed by atoms with Gasteiger partial charge in [-0.25, -0.2) is 0 Å². The van der Waals surface area contributed by atoms with E-state index in [2.05, 4.69) is 4.98 Å². The van der Waals surface area contributed by atoms with E-state index in [-0.39, 0.29) is 11.1 Å². The van der Waals surface area contributed by atoms with Gasteiger partial charge in [0.05, 0.1) is 11.1 Å². The Balaban J connectivity index is 2.28. The molecule has 3 aromatic rings. The number of fused-ring (bicyclic) bond motifs is 1. The van der Waals surface area contributed by atoms with Crippen molar-refractivity contribution in [3.8, 4) is 11.1 Å². The molecule has 0 aliphatic heterocycles. The Kier molecular flexibility index (Phi) is 3.16. The number of aromatic amines is 1. The van der Waals surface area contributed by atoms with Crippen molar-refractivity contribution in [3.05, 3.63) is 59.8 Å². The van der Waals surface area contributed by atoms with Crippen molar-refractivity contribution in [2.75, 3.05) is 0 Å². The molecule has 112 valence electrons. The molecule has 2 aromatic carbocycles. The Labute approximate surface area is 123 Å². The Morgan fingerprint density at radius 1 is 1.00 bits per heavy atom. The first-order valence-corrected chi connectivity index (χ1v) is 6.45. The smallest absolute Gasteiger partial charge is 0.366 e. The molecule has 0 atom stereocenters. The van der Waals surface area contributed by atoms with Gasteiger partial charge in [0.25, 0.3) is 5.91 Å². The number of halogens is 3. The van der Waals surface area contributed by atoms with Crippen LogP contribution in [0, 0.1) is 0 Å². The highest BCUT2D eigenvalue weighted by molar-refractivity contribution is 6.07. The average Bonchev–Trinajstić information content (AvgIpc) is 2.91. The maximum absolute atomic E-state index is 12.8. The number of benzene rings is 2. The summed E-state index contributed by atoms with van der Waals surface area (Å²) in [6.07, 6.45) is -4.51. The van der Waals surface area contributed by atoms with Gasteiger partial charge in [0.2, 0.25) is 0 Å². The van der Waals surface area contributed by atoms with Crippen LogP contribution in [0.3, 0.4) is 0 Å². The summed E-state index contributed by atoms with van der Waals surface area (Å²) in [7, 11) is 0. The fourth-order valence-electron chi connectivity index (χ4n) is 2.39. The number of amides is 1. The Bertz CT molecular complexity index is 851. The second-order valence-corrected chi connectivity index (χ2v) is 4.90. The summed E-state index contributed by atoms with van der Waals surface area (Å²) in [5.74, 6) is -0.779. The Hall–Kier alpha value is -2.76. The molecule has 1 heterocycles. The Morgan fingerprint density at radius 3 is 2.27 bits per heavy atom. The van der Waals surface area contributed by atoms with Gasteiger partial charge in [-0.2, -0.15) is 13.2 Å². The van der Waals surface area contributed by atoms with Crippen LogP contribution in [0.1, 0.15) is 16.1 Å². The van der Waals surface area contributed by atoms with E-state index in [9.17, 15) is 18.0 Å². The van der Waals surface area contributed by atoms with Crippen LogP contribution in [-0.2, 0) is 6.18 Å². The molecule has 1 aromatic heterocycles. The van der Waals surface area contributed by atoms with Gasteiger partial charge in [0.1, 0.15) is 5.69 Å². The summed E-state index contributed by atoms with van der Waals surface area (Å²) in [5.41, 5.74) is 5.96. The van der Waals surface area contributed by atoms with E-state index in [0.717, 1.165) is 11.6 Å². The average molecular weight is 304 g/mol. The summed E-state index contributed by atoms with van der Waals surface area (Å²) in [6.45, 7) is 0. The molecular formula is C16H11F3N2O. The quantitative estimate of drug-likeness (QED) is 0.740. The minimum Gasteiger partial charge on any atom is -0.366 e. The number of hydrogen-bond acceptors (Lipinski definition) is 1. The maximum Gasteiger partial charge on any atom is 0.431 e. The van der Waals surface area contributed by atoms with E-state index < -0.39 is 17.8 Å². The third-order valence-corrected chi connectivity index (χ3v) is 3.41. The molecule has 0 spiro atoms. The number of H-pyrrole nitrogens is 1. The van der Waals surface area contributed by atoms with Gasteiger partial charge in [-0.3, -0.25) is 4.79 Å². The van der Waals surface area contributed by atoms with E-state index in [1.165, 1.54) is 6.07 Å². The van der Waals surface area contributed by atoms with Crippen molar-refractivity contribution in [1.29, 1.82) is 0 Å². The molecular weight excluding hydrogens is 293 g/mol. The number of carbonyl (C=O) groups excluding carboxylic acids is 1. The zero-order chi connectivity index (χ0) is 15.9. The molecule has 0 saturated heterocycles. The first-order chi connectivity index (χ1) is 10.4. The van der Waals surface area contributed by atoms with Crippen LogP contribution in [0.15, 0.2) is 48.5 Å². The third kappa shape index (κ3) is 2.43. The van der Waals surface area contributed by atoms with E-state index in [0.29, 0.717) is 10.9 Å². The van der Waals surface area contributed by atoms with Crippen molar-refractivity contribution in [2.24, 2.45) is 5.73 Å². The molecule has 1 amide bonds. The lowest BCUT2D eigenvalue weighted by atomic mass is 10.00. The number of nitrogens with one attached hydrogen (secondary N) is 1. The second-order valence-electron chi connectivity index (χ2n) is 4.90. The minimum absolute atomic E-state index is 0.0341. The largest absolute Gasteiger partial charge is 0.431 e. The van der Waals surface area contributed by atoms with Crippen LogP contribution in [0.5, 0.6) is 0 Å². The van der Waals surface area contributed by atoms with Crippen molar-refractivity contribution >= 4 is 16.8 Å². The number of carbonyl (C=O) groups is 1. The summed E-state index contributed by atoms with van der Waals surface area (Å²) in [6, 6.07) is 13.1. The predicted octanol–water partition coefficient (Wildman–Crippen LogP) is 3.95. The maximum atomic E-state index is 12.8. The summed E-state index contributed by atoms with van der Waals surface area (Å²) >= 11 is 0. The standard InChI is InChI=1S/C16H11F3N2O/c17-16(18,19)13-8-11-6-10(9-4-2-1-3-5-9)7-12(15(20)22)14(11)21-13/h1-8,21H,(H2,20,22). The molecule has 0 unspecified atom stereocenters. The summed E-state index contributed by atoms with van der Waals surface area (Å²) in [4.78, 5) is 13.8. The molecule has 3 rings (SSSR count). The van der Waals surface area contributed by atoms with Crippen LogP contribution < -0.4 is 5.73 Å². The van der Waals surface area contributed by atoms with Crippen LogP contribution >= 0.6 is 0 Å². The first-order valence-electron chi connectivity index (χ1n) is 6.45. The zero-order valence-corrected chi connectivity index (χ0v) is 11.2. The van der Waals surface area contributed by atoms with Gasteiger partial charge in [-0.1, -0.05) is 30.3 Å². The van der Waals surface area contributed by atoms with Gasteiger partial charge in [-0.05, 0) is 29.3 Å². The molecule has 0 aliphatic rings. The predicted molar refractivity (Wildman–Crippen MR) is 77.3 cm³/mol. The lowest BCUT2D eigenvalue weighted by Crippen LogP contribution is -2.12. The normalized spacial score (nSPS) is 11.8. The molecule has 3 N–H and O–H groups in total. The zero-order valence-electron chi connectivity index (χ0n) is 11.2. The topological polar surface area (TPSA) is 58.9 Å². The van der Waals surface area contributed by atoms with Gasteiger partial charge >= 0.3 is 6.18 Å². The fraction of sp³-hybridized carbons (Fsp3) is 0.0625. The molecule has 0 aliphatic carbocycles. The van der Waals surface area contributed by atoms with E-state index in [4.69, 9.17) is 5.73 Å². The van der Waals surface area contributed by atoms with Crippen LogP contribution in [-0.4, -0.2) is 10.9 Å². The number of alkyl halides is 3. The number of hydrogen-bond donors (Lipinski definition) is 2. The number of rotatable bonds is 2. The SMILES string of the molecule is NC(=O)c1cc(-c2ccccc2)cc2cc(C(F)(F)F)[nH]c12. The van der Waals surface area contributed by atoms with Gasteiger partial charge in [0, 0.05) is 5.39 Å². The Morgan fingerprint density at radius 2 is 1.68 bits per heavy atom. The first kappa shape index (κ1) is 14.2. The third-order valence-electron chi connectivity index (χ3n) is 3.41. The molecule has 0 fully saturated rings. The van der Waals surface area contributed by atoms with Crippen molar-refractivity contribution < 1.29 is 18.0 Å². The molecule has 0 bridgehead atoms. The summed E-state index contributed by atoms with van der Waals surface area (Å²) < 4.78 is 38.5. The van der Waals surface area contributed by atoms with Gasteiger partial charge < -0.3 is 10.7 Å². The lowest BCUT2D eigenvalue weighted by Gasteiger charge is -2.05. The number of primary amides is 1. The molecule has 3 nitrogen and oxygen atoms in total. The highest BCUT2D eigenvalue weighted by atomic mass is 19.4. The van der Waals surface area contributed by atoms with Crippen molar-refractivity contribution in [2.45, 2.75) is 6.18 Å². The van der Waals surface area contributed by atoms with Crippen LogP contribution in [0.25, 0.3) is 22.0 Å². The number of aromatic nitrogens is 1. The summed E-state index contributed by atoms with van der Waals surface area (Å²) in [5, 5.41) is 0.294. The van der Waals surface area contributed by atoms with Crippen LogP contribution in [0.4, 0.5) is 13.2 Å². The lowest BCUT2D eigenvalue weighted by molar-refractivity contribution is -0.140. The fourth-order valence-corrected chi connectivity index (χ4v) is 2.39. The highest BCUT2D eigenvalue weighted by Crippen LogP contribution is 2.34. The molecule has 6 heteroatoms. The van der Waals surface area contributed by atoms with Gasteiger partial charge in [-0.15, -0.1) is 0 Å². The molecule has 0 radical (unpaired) electrons. The van der Waals surface area contributed by atoms with Gasteiger partial charge in [0.15, 0.2) is 0 Å². The monoisotopic (exact) mass is 304 g/mol. The van der Waals surface area contributed by atoms with Crippen LogP contribution in [0.2, 0.25) is 0 Å². The van der Waals surface area contributed by atoms with E-state index in [1.54, 1.807) is 6.07 Å². The van der Waals surface area contributed by atoms with Crippen molar-refractivity contribution in [3.63, 3.8) is 0 Å². The van der Waals surface area contributed by atoms with Crippen molar-refractivity contribution in [1.82, 2.24) is 4.98 Å². The second kappa shape index (κ2) is 4.91. The molecule has 22 heavy (non-hydrogen) atoms. The minimum atomic E-state index is -4.51.